The summed E-state index contributed by atoms with van der Waals surface area (Å²) < 4.78 is 0. The minimum absolute atomic E-state index is 0.340. The second kappa shape index (κ2) is 6.44. The Morgan fingerprint density at radius 2 is 1.88 bits per heavy atom. The summed E-state index contributed by atoms with van der Waals surface area (Å²) in [5.41, 5.74) is 3.65. The van der Waals surface area contributed by atoms with E-state index in [-0.39, 0.29) is 0 Å². The lowest BCUT2D eigenvalue weighted by atomic mass is 9.97. The van der Waals surface area contributed by atoms with E-state index in [4.69, 9.17) is 0 Å². The maximum Gasteiger partial charge on any atom is 0.137 e. The highest BCUT2D eigenvalue weighted by atomic mass is 16.1. The Morgan fingerprint density at radius 3 is 2.44 bits per heavy atom. The zero-order valence-electron chi connectivity index (χ0n) is 10.5. The average Bonchev–Trinajstić information content (AvgIpc) is 2.24. The molecule has 1 rings (SSSR count). The van der Waals surface area contributed by atoms with Crippen molar-refractivity contribution in [3.05, 3.63) is 34.9 Å². The molecule has 1 aromatic rings. The maximum absolute atomic E-state index is 11.8. The fourth-order valence-corrected chi connectivity index (χ4v) is 1.88. The van der Waals surface area contributed by atoms with Crippen LogP contribution in [0.1, 0.15) is 29.5 Å². The third-order valence-electron chi connectivity index (χ3n) is 2.90. The molecule has 0 aromatic heterocycles. The first-order valence-electron chi connectivity index (χ1n) is 5.86. The Morgan fingerprint density at radius 1 is 1.25 bits per heavy atom. The molecule has 2 nitrogen and oxygen atoms in total. The van der Waals surface area contributed by atoms with E-state index in [1.807, 2.05) is 13.1 Å². The number of Topliss-reactive ketones (excluding diaryl/α,β-unsaturated/α-hetero) is 1. The van der Waals surface area contributed by atoms with Crippen LogP contribution in [0.3, 0.4) is 0 Å². The van der Waals surface area contributed by atoms with E-state index < -0.39 is 0 Å². The zero-order chi connectivity index (χ0) is 12.0. The van der Waals surface area contributed by atoms with Gasteiger partial charge in [-0.3, -0.25) is 4.79 Å². The van der Waals surface area contributed by atoms with Gasteiger partial charge in [0.05, 0.1) is 0 Å². The quantitative estimate of drug-likeness (QED) is 0.744. The van der Waals surface area contributed by atoms with Gasteiger partial charge in [0.15, 0.2) is 0 Å². The first kappa shape index (κ1) is 12.9. The van der Waals surface area contributed by atoms with Crippen molar-refractivity contribution in [2.75, 3.05) is 13.6 Å². The van der Waals surface area contributed by atoms with E-state index in [1.54, 1.807) is 0 Å². The van der Waals surface area contributed by atoms with Crippen LogP contribution in [-0.2, 0) is 11.2 Å². The maximum atomic E-state index is 11.8. The summed E-state index contributed by atoms with van der Waals surface area (Å²) >= 11 is 0. The molecule has 0 unspecified atom stereocenters. The topological polar surface area (TPSA) is 29.1 Å². The van der Waals surface area contributed by atoms with Gasteiger partial charge in [-0.15, -0.1) is 0 Å². The predicted molar refractivity (Wildman–Crippen MR) is 67.8 cm³/mol. The van der Waals surface area contributed by atoms with Gasteiger partial charge in [0, 0.05) is 12.8 Å². The van der Waals surface area contributed by atoms with Gasteiger partial charge in [-0.1, -0.05) is 18.2 Å². The van der Waals surface area contributed by atoms with Crippen molar-refractivity contribution in [1.29, 1.82) is 0 Å². The Kier molecular flexibility index (Phi) is 5.20. The summed E-state index contributed by atoms with van der Waals surface area (Å²) in [6.45, 7) is 5.06. The number of ketones is 1. The molecule has 0 saturated heterocycles. The summed E-state index contributed by atoms with van der Waals surface area (Å²) in [6, 6.07) is 6.19. The minimum Gasteiger partial charge on any atom is -0.320 e. The van der Waals surface area contributed by atoms with Gasteiger partial charge in [0.2, 0.25) is 0 Å². The number of benzene rings is 1. The van der Waals surface area contributed by atoms with Crippen LogP contribution in [0.2, 0.25) is 0 Å². The number of rotatable bonds is 6. The number of hydrogen-bond donors (Lipinski definition) is 1. The highest BCUT2D eigenvalue weighted by Crippen LogP contribution is 2.14. The second-order valence-electron chi connectivity index (χ2n) is 4.29. The summed E-state index contributed by atoms with van der Waals surface area (Å²) in [7, 11) is 1.91. The number of hydrogen-bond acceptors (Lipinski definition) is 2. The number of carbonyl (C=O) groups is 1. The van der Waals surface area contributed by atoms with E-state index in [2.05, 4.69) is 31.3 Å². The molecule has 0 aliphatic carbocycles. The van der Waals surface area contributed by atoms with E-state index in [0.717, 1.165) is 13.0 Å². The largest absolute Gasteiger partial charge is 0.320 e. The van der Waals surface area contributed by atoms with Crippen molar-refractivity contribution < 1.29 is 4.79 Å². The minimum atomic E-state index is 0.340. The van der Waals surface area contributed by atoms with E-state index in [0.29, 0.717) is 18.6 Å². The molecular weight excluding hydrogens is 198 g/mol. The molecule has 0 spiro atoms. The highest BCUT2D eigenvalue weighted by Gasteiger charge is 2.07. The van der Waals surface area contributed by atoms with Gasteiger partial charge < -0.3 is 5.32 Å². The van der Waals surface area contributed by atoms with Gasteiger partial charge in [-0.2, -0.15) is 0 Å². The molecule has 88 valence electrons. The van der Waals surface area contributed by atoms with Crippen LogP contribution >= 0.6 is 0 Å². The number of aryl methyl sites for hydroxylation is 2. The van der Waals surface area contributed by atoms with E-state index in [9.17, 15) is 4.79 Å². The van der Waals surface area contributed by atoms with Gasteiger partial charge in [-0.05, 0) is 50.6 Å². The van der Waals surface area contributed by atoms with Crippen molar-refractivity contribution in [2.45, 2.75) is 33.1 Å². The second-order valence-corrected chi connectivity index (χ2v) is 4.29. The van der Waals surface area contributed by atoms with Crippen molar-refractivity contribution in [3.63, 3.8) is 0 Å². The first-order chi connectivity index (χ1) is 7.65. The molecule has 16 heavy (non-hydrogen) atoms. The molecule has 1 aromatic carbocycles. The normalized spacial score (nSPS) is 10.4. The van der Waals surface area contributed by atoms with Gasteiger partial charge in [0.25, 0.3) is 0 Å². The lowest BCUT2D eigenvalue weighted by Gasteiger charge is -2.08. The van der Waals surface area contributed by atoms with E-state index in [1.165, 1.54) is 16.7 Å². The summed E-state index contributed by atoms with van der Waals surface area (Å²) in [4.78, 5) is 11.8. The molecule has 0 radical (unpaired) electrons. The van der Waals surface area contributed by atoms with Crippen LogP contribution in [0.15, 0.2) is 18.2 Å². The summed E-state index contributed by atoms with van der Waals surface area (Å²) in [5.74, 6) is 0.340. The molecule has 2 heteroatoms. The molecular formula is C14H21NO. The highest BCUT2D eigenvalue weighted by molar-refractivity contribution is 5.81. The first-order valence-corrected chi connectivity index (χ1v) is 5.86. The van der Waals surface area contributed by atoms with Crippen LogP contribution in [0, 0.1) is 13.8 Å². The average molecular weight is 219 g/mol. The third-order valence-corrected chi connectivity index (χ3v) is 2.90. The number of nitrogens with one attached hydrogen (secondary N) is 1. The molecule has 0 bridgehead atoms. The molecule has 0 saturated carbocycles. The van der Waals surface area contributed by atoms with Gasteiger partial charge >= 0.3 is 0 Å². The molecule has 0 aliphatic rings. The monoisotopic (exact) mass is 219 g/mol. The van der Waals surface area contributed by atoms with Gasteiger partial charge in [-0.25, -0.2) is 0 Å². The van der Waals surface area contributed by atoms with Gasteiger partial charge in [0.1, 0.15) is 5.78 Å². The lowest BCUT2D eigenvalue weighted by Crippen LogP contribution is -2.11. The van der Waals surface area contributed by atoms with Crippen LogP contribution in [0.4, 0.5) is 0 Å². The molecule has 0 heterocycles. The predicted octanol–water partition coefficient (Wildman–Crippen LogP) is 2.41. The van der Waals surface area contributed by atoms with Crippen LogP contribution in [-0.4, -0.2) is 19.4 Å². The fourth-order valence-electron chi connectivity index (χ4n) is 1.88. The third kappa shape index (κ3) is 3.78. The standard InChI is InChI=1S/C14H21NO/c1-11-6-4-7-12(2)14(11)10-13(16)8-5-9-15-3/h4,6-7,15H,5,8-10H2,1-3H3. The van der Waals surface area contributed by atoms with Crippen molar-refractivity contribution in [3.8, 4) is 0 Å². The van der Waals surface area contributed by atoms with Crippen molar-refractivity contribution in [2.24, 2.45) is 0 Å². The smallest absolute Gasteiger partial charge is 0.137 e. The van der Waals surface area contributed by atoms with E-state index >= 15 is 0 Å². The fraction of sp³-hybridized carbons (Fsp3) is 0.500. The lowest BCUT2D eigenvalue weighted by molar-refractivity contribution is -0.118. The van der Waals surface area contributed by atoms with Crippen LogP contribution < -0.4 is 5.32 Å². The summed E-state index contributed by atoms with van der Waals surface area (Å²) in [6.07, 6.45) is 2.19. The van der Waals surface area contributed by atoms with Crippen molar-refractivity contribution >= 4 is 5.78 Å². The van der Waals surface area contributed by atoms with Crippen molar-refractivity contribution in [1.82, 2.24) is 5.32 Å². The Balaban J connectivity index is 2.56. The Hall–Kier alpha value is -1.15. The Bertz CT molecular complexity index is 338. The molecule has 0 fully saturated rings. The zero-order valence-corrected chi connectivity index (χ0v) is 10.5. The molecule has 0 amide bonds. The van der Waals surface area contributed by atoms with Crippen LogP contribution in [0.5, 0.6) is 0 Å². The molecule has 1 N–H and O–H groups in total. The molecule has 0 atom stereocenters. The molecule has 0 aliphatic heterocycles. The summed E-state index contributed by atoms with van der Waals surface area (Å²) in [5, 5.41) is 3.06. The Labute approximate surface area is 98.1 Å². The SMILES string of the molecule is CNCCCC(=O)Cc1c(C)cccc1C. The van der Waals surface area contributed by atoms with Crippen LogP contribution in [0.25, 0.3) is 0 Å². The number of carbonyl (C=O) groups excluding carboxylic acids is 1.